The number of nitrogens with zero attached hydrogens (tertiary/aromatic N) is 5. The van der Waals surface area contributed by atoms with Gasteiger partial charge in [0.05, 0.1) is 42.9 Å². The number of ether oxygens (including phenoxy) is 2. The van der Waals surface area contributed by atoms with E-state index in [4.69, 9.17) is 15.2 Å². The van der Waals surface area contributed by atoms with Crippen LogP contribution in [0.5, 0.6) is 5.75 Å². The van der Waals surface area contributed by atoms with E-state index in [-0.39, 0.29) is 0 Å². The van der Waals surface area contributed by atoms with Gasteiger partial charge in [-0.2, -0.15) is 0 Å². The van der Waals surface area contributed by atoms with Crippen LogP contribution in [-0.2, 0) is 9.53 Å². The maximum atomic E-state index is 12.6. The van der Waals surface area contributed by atoms with Crippen molar-refractivity contribution in [3.05, 3.63) is 72.1 Å². The van der Waals surface area contributed by atoms with E-state index in [0.717, 1.165) is 40.9 Å². The van der Waals surface area contributed by atoms with Gasteiger partial charge < -0.3 is 20.1 Å². The predicted octanol–water partition coefficient (Wildman–Crippen LogP) is 2.86. The molecule has 0 radical (unpaired) electrons. The van der Waals surface area contributed by atoms with Crippen LogP contribution in [-0.4, -0.2) is 59.3 Å². The van der Waals surface area contributed by atoms with Gasteiger partial charge in [-0.15, -0.1) is 0 Å². The van der Waals surface area contributed by atoms with Crippen LogP contribution >= 0.6 is 0 Å². The minimum Gasteiger partial charge on any atom is -0.496 e. The summed E-state index contributed by atoms with van der Waals surface area (Å²) >= 11 is 0. The Morgan fingerprint density at radius 2 is 1.86 bits per heavy atom. The number of methoxy groups -OCH3 is 1. The van der Waals surface area contributed by atoms with Crippen molar-refractivity contribution in [1.29, 1.82) is 0 Å². The number of morpholine rings is 1. The number of rotatable bonds is 6. The molecule has 4 aromatic rings. The molecule has 5 rings (SSSR count). The standard InChI is InChI=1S/C26H26N6O3/c1-16-24(29-8-7-28-16)23(26(27)33)20-13-17(3-6-22(20)34-2)25-19-5-4-18(14-21(19)30-15-31-25)32-9-11-35-12-10-32/h3-8,13-15,23H,9-12H2,1-2H3,(H2,27,33). The van der Waals surface area contributed by atoms with Crippen LogP contribution in [0.4, 0.5) is 5.69 Å². The van der Waals surface area contributed by atoms with E-state index < -0.39 is 11.8 Å². The predicted molar refractivity (Wildman–Crippen MR) is 132 cm³/mol. The molecule has 35 heavy (non-hydrogen) atoms. The first-order valence-corrected chi connectivity index (χ1v) is 11.4. The van der Waals surface area contributed by atoms with Gasteiger partial charge in [0.15, 0.2) is 0 Å². The molecule has 1 atom stereocenters. The second kappa shape index (κ2) is 9.63. The van der Waals surface area contributed by atoms with Gasteiger partial charge in [-0.3, -0.25) is 14.8 Å². The average molecular weight is 471 g/mol. The number of benzene rings is 2. The largest absolute Gasteiger partial charge is 0.496 e. The monoisotopic (exact) mass is 470 g/mol. The van der Waals surface area contributed by atoms with Crippen molar-refractivity contribution in [2.24, 2.45) is 5.73 Å². The number of anilines is 1. The van der Waals surface area contributed by atoms with Crippen LogP contribution < -0.4 is 15.4 Å². The number of carbonyl (C=O) groups excluding carboxylic acids is 1. The van der Waals surface area contributed by atoms with Gasteiger partial charge in [-0.1, -0.05) is 0 Å². The molecule has 1 saturated heterocycles. The summed E-state index contributed by atoms with van der Waals surface area (Å²) in [5.41, 5.74) is 11.1. The van der Waals surface area contributed by atoms with Crippen LogP contribution in [0.15, 0.2) is 55.1 Å². The fourth-order valence-electron chi connectivity index (χ4n) is 4.54. The lowest BCUT2D eigenvalue weighted by atomic mass is 9.90. The van der Waals surface area contributed by atoms with E-state index in [0.29, 0.717) is 35.9 Å². The quantitative estimate of drug-likeness (QED) is 0.457. The van der Waals surface area contributed by atoms with Crippen molar-refractivity contribution >= 4 is 22.5 Å². The Labute approximate surface area is 203 Å². The summed E-state index contributed by atoms with van der Waals surface area (Å²) in [4.78, 5) is 32.7. The molecule has 1 fully saturated rings. The minimum absolute atomic E-state index is 0.498. The fourth-order valence-corrected chi connectivity index (χ4v) is 4.54. The maximum absolute atomic E-state index is 12.6. The van der Waals surface area contributed by atoms with Gasteiger partial charge in [0.2, 0.25) is 5.91 Å². The number of fused-ring (bicyclic) bond motifs is 1. The summed E-state index contributed by atoms with van der Waals surface area (Å²) in [5, 5.41) is 0.909. The molecule has 1 aliphatic heterocycles. The lowest BCUT2D eigenvalue weighted by Crippen LogP contribution is -2.36. The Morgan fingerprint density at radius 1 is 1.06 bits per heavy atom. The van der Waals surface area contributed by atoms with Crippen molar-refractivity contribution in [2.75, 3.05) is 38.3 Å². The number of carbonyl (C=O) groups is 1. The Hall–Kier alpha value is -4.11. The zero-order valence-electron chi connectivity index (χ0n) is 19.6. The van der Waals surface area contributed by atoms with Crippen LogP contribution in [0.25, 0.3) is 22.2 Å². The molecule has 178 valence electrons. The SMILES string of the molecule is COc1ccc(-c2ncnc3cc(N4CCOCC4)ccc23)cc1C(C(N)=O)c1nccnc1C. The summed E-state index contributed by atoms with van der Waals surface area (Å²) in [7, 11) is 1.56. The number of aromatic nitrogens is 4. The zero-order valence-corrected chi connectivity index (χ0v) is 19.6. The molecule has 2 aromatic heterocycles. The molecular formula is C26H26N6O3. The molecule has 0 spiro atoms. The second-order valence-electron chi connectivity index (χ2n) is 8.34. The Kier molecular flexibility index (Phi) is 6.24. The molecule has 1 amide bonds. The van der Waals surface area contributed by atoms with Crippen molar-refractivity contribution in [3.8, 4) is 17.0 Å². The lowest BCUT2D eigenvalue weighted by Gasteiger charge is -2.29. The number of amides is 1. The van der Waals surface area contributed by atoms with Crippen molar-refractivity contribution in [3.63, 3.8) is 0 Å². The number of primary amides is 1. The van der Waals surface area contributed by atoms with E-state index in [9.17, 15) is 4.79 Å². The van der Waals surface area contributed by atoms with Gasteiger partial charge in [-0.05, 0) is 43.3 Å². The molecular weight excluding hydrogens is 444 g/mol. The first-order chi connectivity index (χ1) is 17.1. The van der Waals surface area contributed by atoms with Crippen molar-refractivity contribution in [1.82, 2.24) is 19.9 Å². The summed E-state index contributed by atoms with van der Waals surface area (Å²) in [5.74, 6) is -0.818. The minimum atomic E-state index is -0.820. The molecule has 9 nitrogen and oxygen atoms in total. The molecule has 2 N–H and O–H groups in total. The molecule has 3 heterocycles. The molecule has 2 aromatic carbocycles. The summed E-state index contributed by atoms with van der Waals surface area (Å²) in [6, 6.07) is 11.8. The number of hydrogen-bond donors (Lipinski definition) is 1. The first-order valence-electron chi connectivity index (χ1n) is 11.4. The van der Waals surface area contributed by atoms with Gasteiger partial charge in [-0.25, -0.2) is 9.97 Å². The molecule has 0 aliphatic carbocycles. The molecule has 0 saturated carbocycles. The summed E-state index contributed by atoms with van der Waals surface area (Å²) in [6.45, 7) is 4.93. The first kappa shape index (κ1) is 22.7. The smallest absolute Gasteiger partial charge is 0.231 e. The third-order valence-electron chi connectivity index (χ3n) is 6.29. The third-order valence-corrected chi connectivity index (χ3v) is 6.29. The summed E-state index contributed by atoms with van der Waals surface area (Å²) < 4.78 is 11.1. The Balaban J connectivity index is 1.61. The van der Waals surface area contributed by atoms with Crippen LogP contribution in [0.2, 0.25) is 0 Å². The molecule has 1 aliphatic rings. The van der Waals surface area contributed by atoms with Crippen molar-refractivity contribution in [2.45, 2.75) is 12.8 Å². The highest BCUT2D eigenvalue weighted by Crippen LogP contribution is 2.37. The van der Waals surface area contributed by atoms with Crippen LogP contribution in [0.3, 0.4) is 0 Å². The maximum Gasteiger partial charge on any atom is 0.231 e. The third kappa shape index (κ3) is 4.38. The number of aryl methyl sites for hydroxylation is 1. The van der Waals surface area contributed by atoms with Gasteiger partial charge in [0.1, 0.15) is 18.0 Å². The fraction of sp³-hybridized carbons (Fsp3) is 0.269. The highest BCUT2D eigenvalue weighted by molar-refractivity contribution is 5.94. The zero-order chi connectivity index (χ0) is 24.4. The number of nitrogens with two attached hydrogens (primary N) is 1. The van der Waals surface area contributed by atoms with Crippen LogP contribution in [0.1, 0.15) is 22.9 Å². The van der Waals surface area contributed by atoms with E-state index >= 15 is 0 Å². The van der Waals surface area contributed by atoms with E-state index in [1.54, 1.807) is 32.8 Å². The Morgan fingerprint density at radius 3 is 2.60 bits per heavy atom. The van der Waals surface area contributed by atoms with Gasteiger partial charge in [0.25, 0.3) is 0 Å². The highest BCUT2D eigenvalue weighted by atomic mass is 16.5. The second-order valence-corrected chi connectivity index (χ2v) is 8.34. The van der Waals surface area contributed by atoms with E-state index in [2.05, 4.69) is 37.0 Å². The topological polar surface area (TPSA) is 116 Å². The summed E-state index contributed by atoms with van der Waals surface area (Å²) in [6.07, 6.45) is 4.70. The average Bonchev–Trinajstić information content (AvgIpc) is 2.89. The Bertz CT molecular complexity index is 1390. The van der Waals surface area contributed by atoms with Gasteiger partial charge >= 0.3 is 0 Å². The lowest BCUT2D eigenvalue weighted by molar-refractivity contribution is -0.118. The normalized spacial score (nSPS) is 14.6. The molecule has 0 bridgehead atoms. The molecule has 9 heteroatoms. The molecule has 1 unspecified atom stereocenters. The highest BCUT2D eigenvalue weighted by Gasteiger charge is 2.28. The van der Waals surface area contributed by atoms with Crippen molar-refractivity contribution < 1.29 is 14.3 Å². The van der Waals surface area contributed by atoms with Gasteiger partial charge in [0, 0.05) is 47.7 Å². The van der Waals surface area contributed by atoms with E-state index in [1.807, 2.05) is 24.3 Å². The number of hydrogen-bond acceptors (Lipinski definition) is 8. The van der Waals surface area contributed by atoms with E-state index in [1.165, 1.54) is 0 Å². The van der Waals surface area contributed by atoms with Crippen LogP contribution in [0, 0.1) is 6.92 Å².